The molecular weight excluding hydrogens is 1230 g/mol. The Morgan fingerprint density at radius 2 is 1.16 bits per heavy atom. The van der Waals surface area contributed by atoms with Crippen molar-refractivity contribution in [3.8, 4) is 5.75 Å². The lowest BCUT2D eigenvalue weighted by atomic mass is 9.77. The van der Waals surface area contributed by atoms with Crippen LogP contribution < -0.4 is 12.9 Å². The number of ether oxygens (including phenoxy) is 12. The molecule has 0 aliphatic carbocycles. The second-order valence-corrected chi connectivity index (χ2v) is 23.4. The van der Waals surface area contributed by atoms with E-state index in [9.17, 15) is 35.8 Å². The summed E-state index contributed by atoms with van der Waals surface area (Å²) in [4.78, 5) is 15.0. The summed E-state index contributed by atoms with van der Waals surface area (Å²) in [6, 6.07) is 10.2. The lowest BCUT2D eigenvalue weighted by Gasteiger charge is -2.31. The molecule has 0 saturated carbocycles. The van der Waals surface area contributed by atoms with Crippen molar-refractivity contribution >= 4 is 68.3 Å². The van der Waals surface area contributed by atoms with Gasteiger partial charge in [0.1, 0.15) is 37.0 Å². The van der Waals surface area contributed by atoms with Crippen molar-refractivity contribution in [2.24, 2.45) is 0 Å². The molecule has 2 heterocycles. The van der Waals surface area contributed by atoms with Crippen LogP contribution in [-0.4, -0.2) is 226 Å². The maximum absolute atomic E-state index is 12.3. The summed E-state index contributed by atoms with van der Waals surface area (Å²) in [6.45, 7) is 13.4. The van der Waals surface area contributed by atoms with Crippen molar-refractivity contribution in [3.63, 3.8) is 0 Å². The van der Waals surface area contributed by atoms with E-state index in [4.69, 9.17) is 59.9 Å². The smallest absolute Gasteiger partial charge is 0.303 e. The number of fused-ring (bicyclic) bond motifs is 2. The Labute approximate surface area is 495 Å². The molecule has 1 atom stereocenters. The molecule has 2 aromatic carbocycles. The van der Waals surface area contributed by atoms with E-state index in [1.54, 1.807) is 20.3 Å². The molecule has 1 N–H and O–H groups in total. The van der Waals surface area contributed by atoms with Crippen molar-refractivity contribution in [1.82, 2.24) is 0 Å². The average molecular weight is 1310 g/mol. The Bertz CT molecular complexity index is 2440. The standard InChI is InChI=1S/C56H87IN2O21S2/c1-56(17-8-44-81(62,63)64)51-46-49(82(65,66)67)13-15-52(51)59(19-6-4-5-11-55(60)61)54(56)10-7-9-47-16-18-57-80-53-45-48(12-14-50(47)53)58(20-22-70-28-30-74-36-38-78-42-40-76-34-32-72-26-24-68-2)21-23-71-29-31-75-37-39-79-43-41-77-35-33-73-27-25-69-3/h7,9-10,12-16,18,45-46H,4-6,8,11,17,19-44H2,1-3H3,(H,60,61)(H,62,63,64)(H,65,66,67)/p-2/b9-7+,54-10+. The lowest BCUT2D eigenvalue weighted by Crippen LogP contribution is -2.31. The molecule has 0 aromatic heterocycles. The topological polar surface area (TPSA) is 278 Å². The lowest BCUT2D eigenvalue weighted by molar-refractivity contribution is -0.137. The first-order valence-corrected chi connectivity index (χ1v) is 32.7. The summed E-state index contributed by atoms with van der Waals surface area (Å²) in [5.41, 5.74) is 3.39. The number of hydrogen-bond donors (Lipinski definition) is 1. The number of hydrogen-bond acceptors (Lipinski definition) is 22. The van der Waals surface area contributed by atoms with E-state index in [0.29, 0.717) is 207 Å². The predicted octanol–water partition coefficient (Wildman–Crippen LogP) is 5.51. The first-order chi connectivity index (χ1) is 39.7. The number of halogens is 1. The molecule has 2 aromatic rings. The van der Waals surface area contributed by atoms with Gasteiger partial charge in [0.15, 0.2) is 0 Å². The quantitative estimate of drug-likeness (QED) is 0.0486. The average Bonchev–Trinajstić information content (AvgIpc) is 3.72. The Morgan fingerprint density at radius 1 is 0.659 bits per heavy atom. The molecule has 0 saturated heterocycles. The van der Waals surface area contributed by atoms with E-state index in [-0.39, 0.29) is 19.3 Å². The van der Waals surface area contributed by atoms with Crippen molar-refractivity contribution in [2.75, 3.05) is 195 Å². The number of nitrogens with zero attached hydrogens (tertiary/aromatic N) is 2. The molecule has 0 bridgehead atoms. The van der Waals surface area contributed by atoms with E-state index in [2.05, 4.69) is 4.90 Å². The number of carboxylic acid groups (broad SMARTS) is 1. The minimum atomic E-state index is -4.86. The van der Waals surface area contributed by atoms with Gasteiger partial charge in [-0.25, -0.2) is 16.8 Å². The fourth-order valence-electron chi connectivity index (χ4n) is 8.64. The molecule has 466 valence electrons. The van der Waals surface area contributed by atoms with Crippen molar-refractivity contribution in [3.05, 3.63) is 77.5 Å². The normalized spacial score (nSPS) is 15.8. The largest absolute Gasteiger partial charge is 0.748 e. The number of allylic oxidation sites excluding steroid dienone is 6. The van der Waals surface area contributed by atoms with Crippen LogP contribution in [0.1, 0.15) is 56.6 Å². The summed E-state index contributed by atoms with van der Waals surface area (Å²) in [7, 11) is -6.18. The molecule has 0 spiro atoms. The second kappa shape index (κ2) is 41.5. The van der Waals surface area contributed by atoms with Crippen molar-refractivity contribution in [1.29, 1.82) is 0 Å². The van der Waals surface area contributed by atoms with E-state index in [1.165, 1.54) is 12.1 Å². The molecular formula is C56H85IN2O21S2-2. The zero-order chi connectivity index (χ0) is 59.2. The van der Waals surface area contributed by atoms with Crippen LogP contribution in [0.5, 0.6) is 5.75 Å². The highest BCUT2D eigenvalue weighted by molar-refractivity contribution is 14.2. The van der Waals surface area contributed by atoms with Crippen LogP contribution in [0.25, 0.3) is 5.57 Å². The van der Waals surface area contributed by atoms with Gasteiger partial charge in [-0.15, -0.1) is 0 Å². The van der Waals surface area contributed by atoms with Crippen LogP contribution in [0, 0.1) is 0 Å². The first kappa shape index (κ1) is 71.0. The van der Waals surface area contributed by atoms with Gasteiger partial charge in [0, 0.05) is 84.2 Å². The number of rotatable bonds is 50. The SMILES string of the molecule is COCCOCCOCCOCCOCCOCCN(CCOCCOCCOCCOCCOCCOC)c1ccc2c(c1)OI=CC=C2/C=C/C=C1/N(CCCCCC(=O)O)c2ccc(S(=O)(=O)[O-])cc2C1(C)CCCS(=O)(=O)[O-]. The minimum Gasteiger partial charge on any atom is -0.748 e. The van der Waals surface area contributed by atoms with Crippen LogP contribution in [-0.2, 0) is 87.3 Å². The number of carbonyl (C=O) groups is 1. The maximum atomic E-state index is 12.3. The van der Waals surface area contributed by atoms with Gasteiger partial charge in [-0.05, 0) is 86.2 Å². The van der Waals surface area contributed by atoms with E-state index in [1.807, 2.05) is 58.3 Å². The van der Waals surface area contributed by atoms with Gasteiger partial charge in [0.2, 0.25) is 0 Å². The Morgan fingerprint density at radius 3 is 1.63 bits per heavy atom. The van der Waals surface area contributed by atoms with Gasteiger partial charge in [-0.2, -0.15) is 0 Å². The third-order valence-corrected chi connectivity index (χ3v) is 15.8. The van der Waals surface area contributed by atoms with E-state index < -0.39 is 63.4 Å². The monoisotopic (exact) mass is 1310 g/mol. The molecule has 0 fully saturated rings. The number of carboxylic acids is 1. The summed E-state index contributed by atoms with van der Waals surface area (Å²) < 4.78 is 147. The number of unbranched alkanes of at least 4 members (excludes halogenated alkanes) is 2. The molecule has 1 unspecified atom stereocenters. The van der Waals surface area contributed by atoms with Crippen LogP contribution in [0.4, 0.5) is 11.4 Å². The van der Waals surface area contributed by atoms with Gasteiger partial charge >= 0.3 is 5.97 Å². The number of aliphatic carboxylic acids is 1. The Kier molecular flexibility index (Phi) is 35.9. The maximum Gasteiger partial charge on any atom is 0.303 e. The van der Waals surface area contributed by atoms with Crippen LogP contribution in [0.2, 0.25) is 0 Å². The third-order valence-electron chi connectivity index (χ3n) is 12.8. The predicted molar refractivity (Wildman–Crippen MR) is 316 cm³/mol. The zero-order valence-electron chi connectivity index (χ0n) is 47.7. The summed E-state index contributed by atoms with van der Waals surface area (Å²) in [5, 5.41) is 9.23. The fourth-order valence-corrected chi connectivity index (χ4v) is 11.0. The van der Waals surface area contributed by atoms with E-state index >= 15 is 0 Å². The number of methoxy groups -OCH3 is 2. The van der Waals surface area contributed by atoms with Gasteiger partial charge in [0.25, 0.3) is 0 Å². The molecule has 82 heavy (non-hydrogen) atoms. The summed E-state index contributed by atoms with van der Waals surface area (Å²) in [5.74, 6) is -0.846. The Balaban J connectivity index is 1.42. The highest BCUT2D eigenvalue weighted by atomic mass is 127. The summed E-state index contributed by atoms with van der Waals surface area (Å²) in [6.07, 6.45) is 9.44. The molecule has 23 nitrogen and oxygen atoms in total. The molecule has 26 heteroatoms. The molecule has 2 aliphatic rings. The molecule has 0 amide bonds. The van der Waals surface area contributed by atoms with Crippen molar-refractivity contribution in [2.45, 2.75) is 55.8 Å². The van der Waals surface area contributed by atoms with Crippen LogP contribution in [0.3, 0.4) is 0 Å². The highest BCUT2D eigenvalue weighted by Crippen LogP contribution is 2.51. The Hall–Kier alpha value is -3.53. The van der Waals surface area contributed by atoms with Gasteiger partial charge in [-0.3, -0.25) is 4.79 Å². The molecule has 0 radical (unpaired) electrons. The van der Waals surface area contributed by atoms with Crippen LogP contribution >= 0.6 is 21.1 Å². The minimum absolute atomic E-state index is 0.00955. The van der Waals surface area contributed by atoms with Gasteiger partial charge in [0.05, 0.1) is 160 Å². The van der Waals surface area contributed by atoms with Gasteiger partial charge < -0.3 is 83.9 Å². The van der Waals surface area contributed by atoms with Crippen molar-refractivity contribution < 1.29 is 95.8 Å². The zero-order valence-corrected chi connectivity index (χ0v) is 51.5. The van der Waals surface area contributed by atoms with Gasteiger partial charge in [-0.1, -0.05) is 18.6 Å². The molecule has 4 rings (SSSR count). The van der Waals surface area contributed by atoms with E-state index in [0.717, 1.165) is 16.8 Å². The number of anilines is 2. The highest BCUT2D eigenvalue weighted by Gasteiger charge is 2.43. The van der Waals surface area contributed by atoms with Crippen LogP contribution in [0.15, 0.2) is 71.3 Å². The second-order valence-electron chi connectivity index (χ2n) is 18.8. The fraction of sp³-hybridized carbons (Fsp3) is 0.643. The third kappa shape index (κ3) is 28.6. The first-order valence-electron chi connectivity index (χ1n) is 27.6. The number of benzene rings is 2. The summed E-state index contributed by atoms with van der Waals surface area (Å²) >= 11 is -0.838. The molecule has 2 aliphatic heterocycles.